The number of piperazine rings is 1. The molecule has 1 aromatic rings. The molecule has 1 aliphatic rings. The third kappa shape index (κ3) is 2.71. The van der Waals surface area contributed by atoms with Gasteiger partial charge in [0.15, 0.2) is 0 Å². The van der Waals surface area contributed by atoms with Crippen molar-refractivity contribution in [2.24, 2.45) is 0 Å². The number of rotatable bonds is 2. The maximum absolute atomic E-state index is 10.9. The number of halogens is 1. The number of nitro groups is 1. The van der Waals surface area contributed by atoms with Crippen LogP contribution in [0.2, 0.25) is 0 Å². The summed E-state index contributed by atoms with van der Waals surface area (Å²) in [6, 6.07) is 0.682. The highest BCUT2D eigenvalue weighted by Crippen LogP contribution is 2.34. The average Bonchev–Trinajstić information content (AvgIpc) is 2.35. The van der Waals surface area contributed by atoms with E-state index in [1.165, 1.54) is 6.20 Å². The molecule has 2 rings (SSSR count). The second-order valence-electron chi connectivity index (χ2n) is 4.97. The van der Waals surface area contributed by atoms with E-state index in [2.05, 4.69) is 45.0 Å². The van der Waals surface area contributed by atoms with Crippen molar-refractivity contribution >= 4 is 27.4 Å². The summed E-state index contributed by atoms with van der Waals surface area (Å²) in [7, 11) is 0. The molecule has 0 aromatic carbocycles. The highest BCUT2D eigenvalue weighted by Gasteiger charge is 2.27. The van der Waals surface area contributed by atoms with E-state index in [9.17, 15) is 10.1 Å². The van der Waals surface area contributed by atoms with Crippen molar-refractivity contribution in [3.05, 3.63) is 26.3 Å². The van der Waals surface area contributed by atoms with Gasteiger partial charge in [-0.05, 0) is 36.7 Å². The van der Waals surface area contributed by atoms with E-state index in [0.29, 0.717) is 22.1 Å². The van der Waals surface area contributed by atoms with Crippen molar-refractivity contribution in [1.29, 1.82) is 0 Å². The van der Waals surface area contributed by atoms with Crippen LogP contribution in [0.3, 0.4) is 0 Å². The Kier molecular flexibility index (Phi) is 4.05. The monoisotopic (exact) mass is 328 g/mol. The van der Waals surface area contributed by atoms with Crippen LogP contribution in [-0.4, -0.2) is 35.1 Å². The molecule has 0 amide bonds. The van der Waals surface area contributed by atoms with Gasteiger partial charge in [-0.1, -0.05) is 0 Å². The minimum atomic E-state index is -0.402. The highest BCUT2D eigenvalue weighted by atomic mass is 79.9. The maximum atomic E-state index is 10.9. The van der Waals surface area contributed by atoms with Crippen molar-refractivity contribution in [1.82, 2.24) is 10.3 Å². The second kappa shape index (κ2) is 5.42. The zero-order chi connectivity index (χ0) is 14.2. The summed E-state index contributed by atoms with van der Waals surface area (Å²) in [6.45, 7) is 7.69. The molecular weight excluding hydrogens is 312 g/mol. The molecule has 0 spiro atoms. The molecule has 0 bridgehead atoms. The van der Waals surface area contributed by atoms with Gasteiger partial charge in [0.05, 0.1) is 9.40 Å². The van der Waals surface area contributed by atoms with Crippen molar-refractivity contribution in [3.63, 3.8) is 0 Å². The van der Waals surface area contributed by atoms with Crippen LogP contribution in [0, 0.1) is 17.0 Å². The van der Waals surface area contributed by atoms with Crippen LogP contribution in [0.4, 0.5) is 11.5 Å². The van der Waals surface area contributed by atoms with Gasteiger partial charge in [-0.3, -0.25) is 10.1 Å². The Morgan fingerprint density at radius 3 is 2.89 bits per heavy atom. The van der Waals surface area contributed by atoms with Crippen LogP contribution in [0.25, 0.3) is 0 Å². The summed E-state index contributed by atoms with van der Waals surface area (Å²) in [4.78, 5) is 17.0. The lowest BCUT2D eigenvalue weighted by atomic mass is 10.1. The minimum absolute atomic E-state index is 0.0476. The van der Waals surface area contributed by atoms with E-state index in [-0.39, 0.29) is 5.69 Å². The van der Waals surface area contributed by atoms with E-state index in [0.717, 1.165) is 18.9 Å². The molecular formula is C12H17BrN4O2. The molecule has 1 aliphatic heterocycles. The number of anilines is 1. The number of nitrogens with one attached hydrogen (secondary N) is 1. The Morgan fingerprint density at radius 2 is 2.26 bits per heavy atom. The van der Waals surface area contributed by atoms with Crippen molar-refractivity contribution in [2.45, 2.75) is 32.9 Å². The predicted octanol–water partition coefficient (Wildman–Crippen LogP) is 2.25. The first-order valence-electron chi connectivity index (χ1n) is 6.21. The lowest BCUT2D eigenvalue weighted by Crippen LogP contribution is -2.54. The first-order valence-corrected chi connectivity index (χ1v) is 7.00. The van der Waals surface area contributed by atoms with Gasteiger partial charge in [0.2, 0.25) is 0 Å². The smallest absolute Gasteiger partial charge is 0.291 e. The van der Waals surface area contributed by atoms with Crippen molar-refractivity contribution < 1.29 is 4.92 Å². The lowest BCUT2D eigenvalue weighted by molar-refractivity contribution is -0.385. The maximum Gasteiger partial charge on any atom is 0.291 e. The van der Waals surface area contributed by atoms with E-state index < -0.39 is 4.92 Å². The van der Waals surface area contributed by atoms with Crippen molar-refractivity contribution in [3.8, 4) is 0 Å². The normalized spacial score (nSPS) is 23.5. The van der Waals surface area contributed by atoms with Gasteiger partial charge in [0, 0.05) is 30.7 Å². The molecule has 19 heavy (non-hydrogen) atoms. The second-order valence-corrected chi connectivity index (χ2v) is 5.77. The first-order chi connectivity index (χ1) is 8.91. The fraction of sp³-hybridized carbons (Fsp3) is 0.583. The zero-order valence-corrected chi connectivity index (χ0v) is 12.8. The van der Waals surface area contributed by atoms with E-state index in [4.69, 9.17) is 0 Å². The van der Waals surface area contributed by atoms with Gasteiger partial charge in [-0.25, -0.2) is 4.98 Å². The SMILES string of the molecule is Cc1c([N+](=O)[O-])cnc(N2CC(C)NCC2C)c1Br. The molecule has 104 valence electrons. The molecule has 1 saturated heterocycles. The van der Waals surface area contributed by atoms with Gasteiger partial charge in [0.1, 0.15) is 12.0 Å². The summed E-state index contributed by atoms with van der Waals surface area (Å²) in [5.41, 5.74) is 0.667. The summed E-state index contributed by atoms with van der Waals surface area (Å²) >= 11 is 3.45. The molecule has 1 N–H and O–H groups in total. The Morgan fingerprint density at radius 1 is 1.58 bits per heavy atom. The fourth-order valence-corrected chi connectivity index (χ4v) is 2.79. The van der Waals surface area contributed by atoms with Gasteiger partial charge in [0.25, 0.3) is 5.69 Å². The fourth-order valence-electron chi connectivity index (χ4n) is 2.26. The zero-order valence-electron chi connectivity index (χ0n) is 11.2. The van der Waals surface area contributed by atoms with Gasteiger partial charge in [-0.2, -0.15) is 0 Å². The topological polar surface area (TPSA) is 71.3 Å². The summed E-state index contributed by atoms with van der Waals surface area (Å²) < 4.78 is 0.711. The summed E-state index contributed by atoms with van der Waals surface area (Å²) in [6.07, 6.45) is 1.34. The van der Waals surface area contributed by atoms with E-state index in [1.54, 1.807) is 6.92 Å². The van der Waals surface area contributed by atoms with E-state index >= 15 is 0 Å². The third-order valence-electron chi connectivity index (χ3n) is 3.45. The largest absolute Gasteiger partial charge is 0.350 e. The molecule has 2 heterocycles. The molecule has 1 aromatic heterocycles. The van der Waals surface area contributed by atoms with Crippen LogP contribution in [0.15, 0.2) is 10.7 Å². The van der Waals surface area contributed by atoms with Crippen LogP contribution >= 0.6 is 15.9 Å². The predicted molar refractivity (Wildman–Crippen MR) is 77.6 cm³/mol. The standard InChI is InChI=1S/C12H17BrN4O2/c1-7-6-16(8(2)4-14-7)12-11(13)9(3)10(5-15-12)17(18)19/h5,7-8,14H,4,6H2,1-3H3. The molecule has 1 fully saturated rings. The molecule has 2 atom stereocenters. The molecule has 7 heteroatoms. The van der Waals surface area contributed by atoms with Crippen LogP contribution in [-0.2, 0) is 0 Å². The van der Waals surface area contributed by atoms with Crippen LogP contribution < -0.4 is 10.2 Å². The van der Waals surface area contributed by atoms with Crippen LogP contribution in [0.5, 0.6) is 0 Å². The Hall–Kier alpha value is -1.21. The molecule has 0 radical (unpaired) electrons. The lowest BCUT2D eigenvalue weighted by Gasteiger charge is -2.38. The molecule has 6 nitrogen and oxygen atoms in total. The number of hydrogen-bond acceptors (Lipinski definition) is 5. The number of nitrogens with zero attached hydrogens (tertiary/aromatic N) is 3. The number of pyridine rings is 1. The summed E-state index contributed by atoms with van der Waals surface area (Å²) in [5.74, 6) is 0.781. The highest BCUT2D eigenvalue weighted by molar-refractivity contribution is 9.10. The Balaban J connectivity index is 2.40. The summed E-state index contributed by atoms with van der Waals surface area (Å²) in [5, 5.41) is 14.3. The quantitative estimate of drug-likeness (QED) is 0.666. The molecule has 2 unspecified atom stereocenters. The first kappa shape index (κ1) is 14.2. The average molecular weight is 329 g/mol. The van der Waals surface area contributed by atoms with Gasteiger partial charge < -0.3 is 10.2 Å². The number of aromatic nitrogens is 1. The third-order valence-corrected chi connectivity index (χ3v) is 4.40. The van der Waals surface area contributed by atoms with Crippen molar-refractivity contribution in [2.75, 3.05) is 18.0 Å². The molecule has 0 aliphatic carbocycles. The Bertz CT molecular complexity index is 509. The number of hydrogen-bond donors (Lipinski definition) is 1. The van der Waals surface area contributed by atoms with E-state index in [1.807, 2.05) is 0 Å². The minimum Gasteiger partial charge on any atom is -0.350 e. The molecule has 0 saturated carbocycles. The van der Waals surface area contributed by atoms with Crippen LogP contribution in [0.1, 0.15) is 19.4 Å². The van der Waals surface area contributed by atoms with Gasteiger partial charge in [-0.15, -0.1) is 0 Å². The van der Waals surface area contributed by atoms with Gasteiger partial charge >= 0.3 is 0 Å². The Labute approximate surface area is 120 Å².